The zero-order valence-corrected chi connectivity index (χ0v) is 11.8. The fourth-order valence-electron chi connectivity index (χ4n) is 1.25. The van der Waals surface area contributed by atoms with E-state index >= 15 is 0 Å². The van der Waals surface area contributed by atoms with Crippen LogP contribution in [0.3, 0.4) is 0 Å². The van der Waals surface area contributed by atoms with Gasteiger partial charge in [-0.1, -0.05) is 0 Å². The van der Waals surface area contributed by atoms with E-state index in [2.05, 4.69) is 15.9 Å². The lowest BCUT2D eigenvalue weighted by Crippen LogP contribution is -2.29. The van der Waals surface area contributed by atoms with Crippen LogP contribution in [0.5, 0.6) is 0 Å². The quantitative estimate of drug-likeness (QED) is 0.886. The number of nitrogens with zero attached hydrogens (tertiary/aromatic N) is 1. The molecule has 0 fully saturated rings. The second-order valence-electron chi connectivity index (χ2n) is 3.47. The summed E-state index contributed by atoms with van der Waals surface area (Å²) in [5, 5.41) is 8.77. The molecule has 0 spiro atoms. The maximum atomic E-state index is 12.2. The van der Waals surface area contributed by atoms with E-state index in [0.29, 0.717) is 0 Å². The topological polar surface area (TPSA) is 74.7 Å². The number of carboxylic acids is 1. The van der Waals surface area contributed by atoms with Crippen molar-refractivity contribution < 1.29 is 22.7 Å². The lowest BCUT2D eigenvalue weighted by molar-refractivity contribution is 0.0696. The van der Waals surface area contributed by atoms with Crippen LogP contribution < -0.4 is 0 Å². The van der Waals surface area contributed by atoms with Crippen molar-refractivity contribution in [3.8, 4) is 0 Å². The van der Waals surface area contributed by atoms with Crippen molar-refractivity contribution in [2.75, 3.05) is 20.3 Å². The summed E-state index contributed by atoms with van der Waals surface area (Å²) in [5.74, 6) is -1.16. The molecule has 0 saturated carbocycles. The molecule has 0 bridgehead atoms. The predicted molar refractivity (Wildman–Crippen MR) is 66.9 cm³/mol. The average Bonchev–Trinajstić information content (AvgIpc) is 2.28. The molecule has 1 aromatic rings. The van der Waals surface area contributed by atoms with Gasteiger partial charge in [-0.15, -0.1) is 0 Å². The third-order valence-corrected chi connectivity index (χ3v) is 5.10. The largest absolute Gasteiger partial charge is 0.478 e. The number of carbonyl (C=O) groups is 1. The van der Waals surface area contributed by atoms with E-state index in [4.69, 9.17) is 5.11 Å². The molecule has 1 aromatic carbocycles. The van der Waals surface area contributed by atoms with Crippen molar-refractivity contribution in [3.63, 3.8) is 0 Å². The molecule has 0 amide bonds. The number of carboxylic acid groups (broad SMARTS) is 1. The molecule has 0 aliphatic rings. The van der Waals surface area contributed by atoms with Gasteiger partial charge in [-0.05, 0) is 34.1 Å². The number of halogens is 2. The van der Waals surface area contributed by atoms with Gasteiger partial charge in [-0.2, -0.15) is 4.31 Å². The highest BCUT2D eigenvalue weighted by molar-refractivity contribution is 9.10. The van der Waals surface area contributed by atoms with E-state index in [-0.39, 0.29) is 21.5 Å². The Balaban J connectivity index is 3.22. The number of sulfonamides is 1. The Hall–Kier alpha value is -0.990. The fraction of sp³-hybridized carbons (Fsp3) is 0.300. The van der Waals surface area contributed by atoms with Crippen LogP contribution in [0.1, 0.15) is 10.4 Å². The Morgan fingerprint density at radius 1 is 1.50 bits per heavy atom. The fourth-order valence-corrected chi connectivity index (χ4v) is 3.43. The maximum absolute atomic E-state index is 12.2. The summed E-state index contributed by atoms with van der Waals surface area (Å²) in [6, 6.07) is 3.55. The van der Waals surface area contributed by atoms with E-state index in [0.717, 1.165) is 4.31 Å². The third-order valence-electron chi connectivity index (χ3n) is 2.27. The molecule has 5 nitrogen and oxygen atoms in total. The first-order chi connectivity index (χ1) is 8.30. The monoisotopic (exact) mass is 339 g/mol. The van der Waals surface area contributed by atoms with Gasteiger partial charge in [-0.25, -0.2) is 17.6 Å². The molecular weight excluding hydrogens is 329 g/mol. The van der Waals surface area contributed by atoms with E-state index < -0.39 is 22.7 Å². The van der Waals surface area contributed by atoms with Gasteiger partial charge in [0.15, 0.2) is 0 Å². The summed E-state index contributed by atoms with van der Waals surface area (Å²) in [4.78, 5) is 10.6. The number of hydrogen-bond acceptors (Lipinski definition) is 3. The molecule has 8 heteroatoms. The summed E-state index contributed by atoms with van der Waals surface area (Å²) < 4.78 is 37.2. The number of benzene rings is 1. The van der Waals surface area contributed by atoms with Crippen LogP contribution >= 0.6 is 15.9 Å². The van der Waals surface area contributed by atoms with Crippen molar-refractivity contribution in [1.29, 1.82) is 0 Å². The van der Waals surface area contributed by atoms with Crippen LogP contribution in [0.15, 0.2) is 27.6 Å². The van der Waals surface area contributed by atoms with Gasteiger partial charge < -0.3 is 5.11 Å². The smallest absolute Gasteiger partial charge is 0.335 e. The summed E-state index contributed by atoms with van der Waals surface area (Å²) in [7, 11) is -2.56. The molecule has 0 atom stereocenters. The van der Waals surface area contributed by atoms with Gasteiger partial charge in [-0.3, -0.25) is 0 Å². The molecule has 0 unspecified atom stereocenters. The summed E-state index contributed by atoms with van der Waals surface area (Å²) in [6.45, 7) is -1.05. The number of alkyl halides is 1. The van der Waals surface area contributed by atoms with Gasteiger partial charge in [0, 0.05) is 18.1 Å². The average molecular weight is 340 g/mol. The number of hydrogen-bond donors (Lipinski definition) is 1. The Labute approximate surface area is 112 Å². The van der Waals surface area contributed by atoms with Crippen LogP contribution in [-0.4, -0.2) is 44.1 Å². The van der Waals surface area contributed by atoms with E-state index in [1.165, 1.54) is 25.2 Å². The molecule has 0 radical (unpaired) electrons. The van der Waals surface area contributed by atoms with Crippen molar-refractivity contribution >= 4 is 31.9 Å². The second kappa shape index (κ2) is 5.77. The summed E-state index contributed by atoms with van der Waals surface area (Å²) in [6.07, 6.45) is 0. The Kier molecular flexibility index (Phi) is 4.83. The first-order valence-electron chi connectivity index (χ1n) is 4.86. The Bertz CT molecular complexity index is 561. The molecule has 0 saturated heterocycles. The second-order valence-corrected chi connectivity index (χ2v) is 6.33. The third kappa shape index (κ3) is 3.06. The molecule has 0 aliphatic heterocycles. The zero-order valence-electron chi connectivity index (χ0n) is 9.43. The highest BCUT2D eigenvalue weighted by atomic mass is 79.9. The van der Waals surface area contributed by atoms with Crippen LogP contribution in [0.4, 0.5) is 4.39 Å². The minimum Gasteiger partial charge on any atom is -0.478 e. The van der Waals surface area contributed by atoms with Crippen LogP contribution in [-0.2, 0) is 10.0 Å². The molecule has 0 heterocycles. The highest BCUT2D eigenvalue weighted by Crippen LogP contribution is 2.25. The minimum atomic E-state index is -3.82. The zero-order chi connectivity index (χ0) is 13.9. The highest BCUT2D eigenvalue weighted by Gasteiger charge is 2.23. The Morgan fingerprint density at radius 3 is 2.56 bits per heavy atom. The normalized spacial score (nSPS) is 11.8. The predicted octanol–water partition coefficient (Wildman–Crippen LogP) is 1.74. The van der Waals surface area contributed by atoms with E-state index in [1.54, 1.807) is 0 Å². The molecule has 0 aromatic heterocycles. The Morgan fingerprint density at radius 2 is 2.11 bits per heavy atom. The van der Waals surface area contributed by atoms with Crippen molar-refractivity contribution in [2.45, 2.75) is 4.90 Å². The van der Waals surface area contributed by atoms with E-state index in [9.17, 15) is 17.6 Å². The van der Waals surface area contributed by atoms with Crippen molar-refractivity contribution in [1.82, 2.24) is 4.31 Å². The van der Waals surface area contributed by atoms with Crippen LogP contribution in [0, 0.1) is 0 Å². The van der Waals surface area contributed by atoms with Gasteiger partial charge in [0.1, 0.15) is 6.67 Å². The molecule has 1 rings (SSSR count). The minimum absolute atomic E-state index is 0.0334. The van der Waals surface area contributed by atoms with Crippen molar-refractivity contribution in [3.05, 3.63) is 28.2 Å². The summed E-state index contributed by atoms with van der Waals surface area (Å²) >= 11 is 3.01. The van der Waals surface area contributed by atoms with Gasteiger partial charge in [0.05, 0.1) is 10.5 Å². The molecule has 18 heavy (non-hydrogen) atoms. The van der Waals surface area contributed by atoms with Crippen LogP contribution in [0.2, 0.25) is 0 Å². The molecule has 1 N–H and O–H groups in total. The SMILES string of the molecule is CN(CCF)S(=O)(=O)c1ccc(C(=O)O)cc1Br. The first kappa shape index (κ1) is 15.1. The summed E-state index contributed by atoms with van der Waals surface area (Å²) in [5.41, 5.74) is -0.0334. The molecule has 100 valence electrons. The van der Waals surface area contributed by atoms with Gasteiger partial charge in [0.2, 0.25) is 10.0 Å². The van der Waals surface area contributed by atoms with E-state index in [1.807, 2.05) is 0 Å². The molecule has 0 aliphatic carbocycles. The lowest BCUT2D eigenvalue weighted by Gasteiger charge is -2.16. The number of rotatable bonds is 5. The van der Waals surface area contributed by atoms with Crippen molar-refractivity contribution in [2.24, 2.45) is 0 Å². The number of aromatic carboxylic acids is 1. The van der Waals surface area contributed by atoms with Gasteiger partial charge >= 0.3 is 5.97 Å². The maximum Gasteiger partial charge on any atom is 0.335 e. The molecular formula is C10H11BrFNO4S. The van der Waals surface area contributed by atoms with Crippen LogP contribution in [0.25, 0.3) is 0 Å². The lowest BCUT2D eigenvalue weighted by atomic mass is 10.2. The van der Waals surface area contributed by atoms with Gasteiger partial charge in [0.25, 0.3) is 0 Å². The standard InChI is InChI=1S/C10H11BrFNO4S/c1-13(5-4-12)18(16,17)9-3-2-7(10(14)15)6-8(9)11/h2-3,6H,4-5H2,1H3,(H,14,15). The first-order valence-corrected chi connectivity index (χ1v) is 7.09.